The summed E-state index contributed by atoms with van der Waals surface area (Å²) in [7, 11) is 0. The van der Waals surface area contributed by atoms with Crippen LogP contribution in [0.2, 0.25) is 0 Å². The first-order valence-corrected chi connectivity index (χ1v) is 13.5. The van der Waals surface area contributed by atoms with Crippen molar-refractivity contribution in [2.24, 2.45) is 17.8 Å². The molecule has 2 amide bonds. The Morgan fingerprint density at radius 2 is 2.03 bits per heavy atom. The molecule has 0 aromatic rings. The van der Waals surface area contributed by atoms with E-state index < -0.39 is 41.6 Å². The molecule has 36 heavy (non-hydrogen) atoms. The van der Waals surface area contributed by atoms with E-state index in [0.717, 1.165) is 12.8 Å². The highest BCUT2D eigenvalue weighted by Crippen LogP contribution is 2.59. The number of nitrogens with zero attached hydrogens (tertiary/aromatic N) is 2. The summed E-state index contributed by atoms with van der Waals surface area (Å²) >= 11 is 0. The number of aliphatic hydroxyl groups is 1. The Labute approximate surface area is 215 Å². The second-order valence-corrected chi connectivity index (χ2v) is 10.9. The van der Waals surface area contributed by atoms with E-state index in [0.29, 0.717) is 32.2 Å². The first-order chi connectivity index (χ1) is 17.2. The molecule has 3 aliphatic rings. The lowest BCUT2D eigenvalue weighted by Gasteiger charge is -2.41. The molecule has 202 valence electrons. The third-order valence-corrected chi connectivity index (χ3v) is 8.01. The number of ether oxygens (including phenoxy) is 2. The molecular formula is C28H44N2O6. The topological polar surface area (TPSA) is 96.4 Å². The lowest BCUT2D eigenvalue weighted by atomic mass is 9.70. The van der Waals surface area contributed by atoms with Crippen LogP contribution in [0.25, 0.3) is 0 Å². The molecule has 0 saturated carbocycles. The van der Waals surface area contributed by atoms with E-state index in [-0.39, 0.29) is 37.0 Å². The van der Waals surface area contributed by atoms with Crippen LogP contribution in [-0.2, 0) is 23.9 Å². The summed E-state index contributed by atoms with van der Waals surface area (Å²) in [5.41, 5.74) is -1.10. The van der Waals surface area contributed by atoms with Gasteiger partial charge in [0.2, 0.25) is 11.8 Å². The summed E-state index contributed by atoms with van der Waals surface area (Å²) in [5.74, 6) is -2.30. The molecule has 0 radical (unpaired) electrons. The van der Waals surface area contributed by atoms with Crippen molar-refractivity contribution >= 4 is 17.8 Å². The molecule has 3 heterocycles. The second kappa shape index (κ2) is 11.9. The van der Waals surface area contributed by atoms with Gasteiger partial charge in [0.05, 0.1) is 37.2 Å². The van der Waals surface area contributed by atoms with Crippen LogP contribution in [-0.4, -0.2) is 82.3 Å². The molecule has 0 aromatic heterocycles. The van der Waals surface area contributed by atoms with E-state index in [1.165, 1.54) is 0 Å². The van der Waals surface area contributed by atoms with Crippen molar-refractivity contribution < 1.29 is 29.0 Å². The number of likely N-dealkylation sites (tertiary alicyclic amines) is 1. The number of esters is 1. The van der Waals surface area contributed by atoms with Crippen molar-refractivity contribution in [3.8, 4) is 0 Å². The number of amides is 2. The van der Waals surface area contributed by atoms with Crippen LogP contribution in [0.3, 0.4) is 0 Å². The third kappa shape index (κ3) is 4.99. The lowest BCUT2D eigenvalue weighted by Crippen LogP contribution is -2.60. The Balaban J connectivity index is 2.05. The van der Waals surface area contributed by atoms with Crippen LogP contribution in [0.15, 0.2) is 25.3 Å². The molecule has 3 unspecified atom stereocenters. The van der Waals surface area contributed by atoms with Crippen molar-refractivity contribution in [2.45, 2.75) is 96.1 Å². The zero-order valence-electron chi connectivity index (χ0n) is 22.4. The van der Waals surface area contributed by atoms with Crippen LogP contribution < -0.4 is 0 Å². The Hall–Kier alpha value is -2.19. The summed E-state index contributed by atoms with van der Waals surface area (Å²) in [5, 5.41) is 10.4. The minimum atomic E-state index is -1.10. The van der Waals surface area contributed by atoms with E-state index >= 15 is 0 Å². The summed E-state index contributed by atoms with van der Waals surface area (Å²) in [4.78, 5) is 44.9. The van der Waals surface area contributed by atoms with Gasteiger partial charge in [0.25, 0.3) is 0 Å². The van der Waals surface area contributed by atoms with E-state index in [1.54, 1.807) is 22.0 Å². The van der Waals surface area contributed by atoms with E-state index in [1.807, 2.05) is 20.8 Å². The zero-order valence-corrected chi connectivity index (χ0v) is 22.4. The Morgan fingerprint density at radius 3 is 2.61 bits per heavy atom. The van der Waals surface area contributed by atoms with Crippen LogP contribution >= 0.6 is 0 Å². The zero-order chi connectivity index (χ0) is 26.6. The van der Waals surface area contributed by atoms with Crippen LogP contribution in [0.4, 0.5) is 0 Å². The summed E-state index contributed by atoms with van der Waals surface area (Å²) in [6.07, 6.45) is 6.81. The molecule has 0 aliphatic carbocycles. The van der Waals surface area contributed by atoms with Gasteiger partial charge in [-0.2, -0.15) is 0 Å². The number of rotatable bonds is 14. The van der Waals surface area contributed by atoms with Crippen LogP contribution in [0.5, 0.6) is 0 Å². The van der Waals surface area contributed by atoms with Crippen molar-refractivity contribution in [2.75, 3.05) is 19.8 Å². The molecule has 3 fully saturated rings. The molecule has 3 rings (SSSR count). The number of carbonyl (C=O) groups is 3. The highest BCUT2D eigenvalue weighted by molar-refractivity contribution is 5.98. The molecule has 0 aromatic carbocycles. The fraction of sp³-hybridized carbons (Fsp3) is 0.750. The molecular weight excluding hydrogens is 460 g/mol. The molecule has 1 N–H and O–H groups in total. The van der Waals surface area contributed by atoms with Crippen LogP contribution in [0, 0.1) is 17.8 Å². The van der Waals surface area contributed by atoms with Crippen molar-refractivity contribution in [3.05, 3.63) is 25.3 Å². The van der Waals surface area contributed by atoms with Crippen LogP contribution in [0.1, 0.15) is 66.2 Å². The first kappa shape index (κ1) is 28.4. The maximum Gasteiger partial charge on any atom is 0.312 e. The average molecular weight is 505 g/mol. The monoisotopic (exact) mass is 504 g/mol. The van der Waals surface area contributed by atoms with Crippen molar-refractivity contribution in [1.82, 2.24) is 9.80 Å². The van der Waals surface area contributed by atoms with Gasteiger partial charge in [0.1, 0.15) is 11.6 Å². The molecule has 3 saturated heterocycles. The number of carbonyl (C=O) groups excluding carboxylic acids is 3. The molecule has 1 spiro atoms. The number of hydrogen-bond acceptors (Lipinski definition) is 6. The number of hydrogen-bond donors (Lipinski definition) is 1. The Kier molecular flexibility index (Phi) is 9.39. The van der Waals surface area contributed by atoms with Gasteiger partial charge in [-0.3, -0.25) is 14.4 Å². The maximum atomic E-state index is 14.3. The molecule has 8 heteroatoms. The quantitative estimate of drug-likeness (QED) is 0.222. The molecule has 2 bridgehead atoms. The number of aliphatic hydroxyl groups excluding tert-OH is 1. The minimum Gasteiger partial charge on any atom is -0.465 e. The minimum absolute atomic E-state index is 0.0520. The predicted molar refractivity (Wildman–Crippen MR) is 137 cm³/mol. The fourth-order valence-corrected chi connectivity index (χ4v) is 6.55. The van der Waals surface area contributed by atoms with Gasteiger partial charge < -0.3 is 24.4 Å². The van der Waals surface area contributed by atoms with Gasteiger partial charge in [-0.25, -0.2) is 0 Å². The standard InChI is InChI=1S/C28H44N2O6/c1-7-10-15-35-27(34)22-21-12-13-28(36-21)23(22)25(32)30(20(17-31)16-18(4)5)24(28)26(33)29(14-9-3)19(6)11-8-2/h7,9,18-24,31H,1,3,8,10-17H2,2,4-6H3/t19?,20-,21-,22+,23+,24?,28?/m1/s1. The van der Waals surface area contributed by atoms with Gasteiger partial charge in [-0.05, 0) is 44.9 Å². The van der Waals surface area contributed by atoms with Crippen molar-refractivity contribution in [3.63, 3.8) is 0 Å². The third-order valence-electron chi connectivity index (χ3n) is 8.01. The van der Waals surface area contributed by atoms with Gasteiger partial charge in [-0.1, -0.05) is 39.3 Å². The molecule has 3 aliphatic heterocycles. The van der Waals surface area contributed by atoms with Gasteiger partial charge >= 0.3 is 5.97 Å². The average Bonchev–Trinajstić information content (AvgIpc) is 3.48. The normalized spacial score (nSPS) is 30.3. The van der Waals surface area contributed by atoms with Gasteiger partial charge in [0, 0.05) is 12.6 Å². The highest BCUT2D eigenvalue weighted by Gasteiger charge is 2.75. The Morgan fingerprint density at radius 1 is 1.31 bits per heavy atom. The van der Waals surface area contributed by atoms with Gasteiger partial charge in [0.15, 0.2) is 0 Å². The fourth-order valence-electron chi connectivity index (χ4n) is 6.55. The van der Waals surface area contributed by atoms with E-state index in [9.17, 15) is 19.5 Å². The first-order valence-electron chi connectivity index (χ1n) is 13.5. The summed E-state index contributed by atoms with van der Waals surface area (Å²) < 4.78 is 12.0. The largest absolute Gasteiger partial charge is 0.465 e. The summed E-state index contributed by atoms with van der Waals surface area (Å²) in [6.45, 7) is 15.9. The molecule has 7 atom stereocenters. The SMILES string of the molecule is C=CCCOC(=O)[C@@H]1[C@H]2C(=O)N([C@@H](CO)CC(C)C)C(C(=O)N(CC=C)C(C)CCC)C23CC[C@H]1O3. The van der Waals surface area contributed by atoms with E-state index in [4.69, 9.17) is 9.47 Å². The maximum absolute atomic E-state index is 14.3. The summed E-state index contributed by atoms with van der Waals surface area (Å²) in [6, 6.07) is -1.50. The van der Waals surface area contributed by atoms with Gasteiger partial charge in [-0.15, -0.1) is 13.2 Å². The Bertz CT molecular complexity index is 844. The smallest absolute Gasteiger partial charge is 0.312 e. The highest BCUT2D eigenvalue weighted by atomic mass is 16.6. The number of fused-ring (bicyclic) bond motifs is 1. The lowest BCUT2D eigenvalue weighted by molar-refractivity contribution is -0.157. The van der Waals surface area contributed by atoms with E-state index in [2.05, 4.69) is 20.1 Å². The second-order valence-electron chi connectivity index (χ2n) is 10.9. The predicted octanol–water partition coefficient (Wildman–Crippen LogP) is 3.09. The van der Waals surface area contributed by atoms with Crippen molar-refractivity contribution in [1.29, 1.82) is 0 Å². The molecule has 8 nitrogen and oxygen atoms in total.